The Labute approximate surface area is 133 Å². The Bertz CT molecular complexity index is 687. The van der Waals surface area contributed by atoms with Crippen LogP contribution in [-0.4, -0.2) is 18.5 Å². The molecule has 0 saturated heterocycles. The second kappa shape index (κ2) is 6.82. The number of thiophene rings is 1. The first kappa shape index (κ1) is 15.7. The molecule has 110 valence electrons. The summed E-state index contributed by atoms with van der Waals surface area (Å²) in [6.07, 6.45) is 0. The van der Waals surface area contributed by atoms with E-state index in [9.17, 15) is 14.0 Å². The van der Waals surface area contributed by atoms with Gasteiger partial charge in [0.2, 0.25) is 0 Å². The standard InChI is InChI=1S/C14H11BrFNO3S/c1-2-20-14(19)9-5-6-21-13(9)17-12(18)10-7-8(16)3-4-11(10)15/h3-7H,2H2,1H3,(H,17,18). The van der Waals surface area contributed by atoms with Gasteiger partial charge in [-0.05, 0) is 52.5 Å². The molecule has 1 aromatic carbocycles. The number of ether oxygens (including phenoxy) is 1. The van der Waals surface area contributed by atoms with Crippen LogP contribution < -0.4 is 5.32 Å². The Morgan fingerprint density at radius 2 is 2.10 bits per heavy atom. The highest BCUT2D eigenvalue weighted by Crippen LogP contribution is 2.26. The van der Waals surface area contributed by atoms with Gasteiger partial charge in [-0.1, -0.05) is 0 Å². The third-order valence-corrected chi connectivity index (χ3v) is 4.08. The summed E-state index contributed by atoms with van der Waals surface area (Å²) in [6.45, 7) is 1.95. The summed E-state index contributed by atoms with van der Waals surface area (Å²) in [5, 5.41) is 4.64. The van der Waals surface area contributed by atoms with Crippen molar-refractivity contribution < 1.29 is 18.7 Å². The molecule has 0 aliphatic heterocycles. The summed E-state index contributed by atoms with van der Waals surface area (Å²) in [4.78, 5) is 23.9. The van der Waals surface area contributed by atoms with Gasteiger partial charge in [-0.2, -0.15) is 0 Å². The Morgan fingerprint density at radius 1 is 1.33 bits per heavy atom. The minimum absolute atomic E-state index is 0.151. The van der Waals surface area contributed by atoms with Crippen LogP contribution in [0, 0.1) is 5.82 Å². The van der Waals surface area contributed by atoms with Crippen molar-refractivity contribution in [3.63, 3.8) is 0 Å². The largest absolute Gasteiger partial charge is 0.462 e. The highest BCUT2D eigenvalue weighted by Gasteiger charge is 2.18. The second-order valence-electron chi connectivity index (χ2n) is 3.96. The average Bonchev–Trinajstić information content (AvgIpc) is 2.90. The van der Waals surface area contributed by atoms with E-state index in [-0.39, 0.29) is 17.7 Å². The number of rotatable bonds is 4. The van der Waals surface area contributed by atoms with Crippen molar-refractivity contribution in [1.29, 1.82) is 0 Å². The lowest BCUT2D eigenvalue weighted by Crippen LogP contribution is -2.15. The van der Waals surface area contributed by atoms with Crippen LogP contribution in [0.5, 0.6) is 0 Å². The van der Waals surface area contributed by atoms with Gasteiger partial charge in [0.05, 0.1) is 17.7 Å². The fraction of sp³-hybridized carbons (Fsp3) is 0.143. The minimum Gasteiger partial charge on any atom is -0.462 e. The smallest absolute Gasteiger partial charge is 0.341 e. The predicted molar refractivity (Wildman–Crippen MR) is 82.3 cm³/mol. The first-order valence-corrected chi connectivity index (χ1v) is 7.71. The van der Waals surface area contributed by atoms with Crippen molar-refractivity contribution in [3.8, 4) is 0 Å². The van der Waals surface area contributed by atoms with Crippen LogP contribution in [0.1, 0.15) is 27.6 Å². The van der Waals surface area contributed by atoms with Crippen molar-refractivity contribution in [1.82, 2.24) is 0 Å². The normalized spacial score (nSPS) is 10.2. The summed E-state index contributed by atoms with van der Waals surface area (Å²) >= 11 is 4.39. The number of carbonyl (C=O) groups is 2. The number of halogens is 2. The van der Waals surface area contributed by atoms with Gasteiger partial charge in [-0.3, -0.25) is 4.79 Å². The summed E-state index contributed by atoms with van der Waals surface area (Å²) in [6, 6.07) is 5.39. The number of hydrogen-bond acceptors (Lipinski definition) is 4. The Balaban J connectivity index is 2.22. The zero-order valence-electron chi connectivity index (χ0n) is 11.0. The topological polar surface area (TPSA) is 55.4 Å². The number of hydrogen-bond donors (Lipinski definition) is 1. The highest BCUT2D eigenvalue weighted by molar-refractivity contribution is 9.10. The van der Waals surface area contributed by atoms with Crippen molar-refractivity contribution in [2.24, 2.45) is 0 Å². The van der Waals surface area contributed by atoms with E-state index in [1.807, 2.05) is 0 Å². The van der Waals surface area contributed by atoms with Crippen molar-refractivity contribution in [3.05, 3.63) is 51.1 Å². The average molecular weight is 372 g/mol. The van der Waals surface area contributed by atoms with E-state index in [2.05, 4.69) is 21.2 Å². The molecule has 0 radical (unpaired) electrons. The van der Waals surface area contributed by atoms with Gasteiger partial charge in [-0.15, -0.1) is 11.3 Å². The van der Waals surface area contributed by atoms with Gasteiger partial charge in [0.15, 0.2) is 0 Å². The number of anilines is 1. The number of amides is 1. The molecule has 1 N–H and O–H groups in total. The van der Waals surface area contributed by atoms with Crippen molar-refractivity contribution in [2.75, 3.05) is 11.9 Å². The molecule has 21 heavy (non-hydrogen) atoms. The maximum absolute atomic E-state index is 13.2. The number of benzene rings is 1. The van der Waals surface area contributed by atoms with Gasteiger partial charge in [0, 0.05) is 4.47 Å². The first-order valence-electron chi connectivity index (χ1n) is 6.04. The molecule has 7 heteroatoms. The van der Waals surface area contributed by atoms with Crippen molar-refractivity contribution >= 4 is 44.1 Å². The van der Waals surface area contributed by atoms with Crippen LogP contribution in [0.3, 0.4) is 0 Å². The molecule has 0 spiro atoms. The third kappa shape index (κ3) is 3.68. The zero-order valence-corrected chi connectivity index (χ0v) is 13.4. The molecule has 0 fully saturated rings. The Hall–Kier alpha value is -1.73. The van der Waals surface area contributed by atoms with Crippen LogP contribution >= 0.6 is 27.3 Å². The van der Waals surface area contributed by atoms with E-state index in [1.165, 1.54) is 23.5 Å². The Morgan fingerprint density at radius 3 is 2.81 bits per heavy atom. The van der Waals surface area contributed by atoms with Gasteiger partial charge < -0.3 is 10.1 Å². The number of nitrogens with one attached hydrogen (secondary N) is 1. The monoisotopic (exact) mass is 371 g/mol. The van der Waals surface area contributed by atoms with Gasteiger partial charge in [0.1, 0.15) is 10.8 Å². The molecule has 1 heterocycles. The lowest BCUT2D eigenvalue weighted by Gasteiger charge is -2.07. The van der Waals surface area contributed by atoms with Crippen LogP contribution in [0.25, 0.3) is 0 Å². The molecule has 4 nitrogen and oxygen atoms in total. The minimum atomic E-state index is -0.514. The summed E-state index contributed by atoms with van der Waals surface area (Å²) in [5.41, 5.74) is 0.431. The quantitative estimate of drug-likeness (QED) is 0.823. The summed E-state index contributed by atoms with van der Waals surface area (Å²) < 4.78 is 18.6. The van der Waals surface area contributed by atoms with E-state index in [1.54, 1.807) is 18.4 Å². The van der Waals surface area contributed by atoms with Gasteiger partial charge >= 0.3 is 5.97 Å². The fourth-order valence-corrected chi connectivity index (χ4v) is 2.81. The van der Waals surface area contributed by atoms with Gasteiger partial charge in [-0.25, -0.2) is 9.18 Å². The van der Waals surface area contributed by atoms with Gasteiger partial charge in [0.25, 0.3) is 5.91 Å². The molecule has 0 bridgehead atoms. The second-order valence-corrected chi connectivity index (χ2v) is 5.73. The SMILES string of the molecule is CCOC(=O)c1ccsc1NC(=O)c1cc(F)ccc1Br. The lowest BCUT2D eigenvalue weighted by atomic mass is 10.2. The molecule has 2 aromatic rings. The number of esters is 1. The summed E-state index contributed by atoms with van der Waals surface area (Å²) in [7, 11) is 0. The molecule has 1 aromatic heterocycles. The van der Waals surface area contributed by atoms with E-state index in [4.69, 9.17) is 4.74 Å². The third-order valence-electron chi connectivity index (χ3n) is 2.56. The molecule has 2 rings (SSSR count). The maximum Gasteiger partial charge on any atom is 0.341 e. The fourth-order valence-electron chi connectivity index (χ4n) is 1.62. The van der Waals surface area contributed by atoms with Crippen molar-refractivity contribution in [2.45, 2.75) is 6.92 Å². The molecule has 0 atom stereocenters. The number of carbonyl (C=O) groups excluding carboxylic acids is 2. The van der Waals surface area contributed by atoms with Crippen LogP contribution in [0.4, 0.5) is 9.39 Å². The van der Waals surface area contributed by atoms with Crippen LogP contribution in [-0.2, 0) is 4.74 Å². The molecule has 0 aliphatic rings. The van der Waals surface area contributed by atoms with E-state index >= 15 is 0 Å². The first-order chi connectivity index (χ1) is 10.0. The zero-order chi connectivity index (χ0) is 15.4. The molecule has 0 saturated carbocycles. The van der Waals surface area contributed by atoms with E-state index in [0.717, 1.165) is 6.07 Å². The van der Waals surface area contributed by atoms with Crippen LogP contribution in [0.15, 0.2) is 34.1 Å². The van der Waals surface area contributed by atoms with E-state index < -0.39 is 17.7 Å². The molecule has 1 amide bonds. The predicted octanol–water partition coefficient (Wildman–Crippen LogP) is 4.08. The highest BCUT2D eigenvalue weighted by atomic mass is 79.9. The maximum atomic E-state index is 13.2. The molecule has 0 aliphatic carbocycles. The Kier molecular flexibility index (Phi) is 5.08. The molecule has 0 unspecified atom stereocenters. The van der Waals surface area contributed by atoms with E-state index in [0.29, 0.717) is 9.47 Å². The van der Waals surface area contributed by atoms with Crippen LogP contribution in [0.2, 0.25) is 0 Å². The summed E-state index contributed by atoms with van der Waals surface area (Å²) in [5.74, 6) is -1.53. The molecular formula is C14H11BrFNO3S. The molecular weight excluding hydrogens is 361 g/mol. The lowest BCUT2D eigenvalue weighted by molar-refractivity contribution is 0.0528.